The molecule has 1 fully saturated rings. The van der Waals surface area contributed by atoms with Crippen LogP contribution in [0.4, 0.5) is 0 Å². The van der Waals surface area contributed by atoms with Crippen LogP contribution in [0.25, 0.3) is 0 Å². The molecule has 0 atom stereocenters. The summed E-state index contributed by atoms with van der Waals surface area (Å²) in [6.07, 6.45) is 2.69. The van der Waals surface area contributed by atoms with Gasteiger partial charge in [-0.3, -0.25) is 0 Å². The minimum absolute atomic E-state index is 0.0185. The molecular formula is C11H12BrNO4S. The zero-order chi connectivity index (χ0) is 13.3. The summed E-state index contributed by atoms with van der Waals surface area (Å²) in [4.78, 5) is 10.9. The Balaban J connectivity index is 2.32. The second-order valence-corrected chi connectivity index (χ2v) is 6.76. The fourth-order valence-corrected chi connectivity index (χ4v) is 3.40. The molecule has 0 spiro atoms. The van der Waals surface area contributed by atoms with Crippen LogP contribution >= 0.6 is 15.9 Å². The highest BCUT2D eigenvalue weighted by Gasteiger charge is 2.25. The molecule has 98 valence electrons. The third kappa shape index (κ3) is 2.73. The van der Waals surface area contributed by atoms with Crippen molar-refractivity contribution in [2.24, 2.45) is 0 Å². The average Bonchev–Trinajstić information content (AvgIpc) is 2.23. The second kappa shape index (κ2) is 4.99. The zero-order valence-corrected chi connectivity index (χ0v) is 11.8. The van der Waals surface area contributed by atoms with Gasteiger partial charge in [-0.05, 0) is 47.0 Å². The van der Waals surface area contributed by atoms with Crippen LogP contribution in [-0.2, 0) is 10.0 Å². The maximum atomic E-state index is 12.0. The van der Waals surface area contributed by atoms with Crippen molar-refractivity contribution < 1.29 is 18.3 Å². The molecule has 1 aromatic carbocycles. The van der Waals surface area contributed by atoms with Gasteiger partial charge in [-0.2, -0.15) is 0 Å². The molecule has 0 unspecified atom stereocenters. The first-order valence-corrected chi connectivity index (χ1v) is 7.73. The van der Waals surface area contributed by atoms with Gasteiger partial charge in [0.15, 0.2) is 0 Å². The van der Waals surface area contributed by atoms with Gasteiger partial charge >= 0.3 is 5.97 Å². The van der Waals surface area contributed by atoms with E-state index in [-0.39, 0.29) is 16.5 Å². The lowest BCUT2D eigenvalue weighted by Crippen LogP contribution is -2.39. The van der Waals surface area contributed by atoms with E-state index in [1.807, 2.05) is 0 Å². The predicted octanol–water partition coefficient (Wildman–Crippen LogP) is 1.98. The molecule has 0 aromatic heterocycles. The number of carboxylic acids is 1. The summed E-state index contributed by atoms with van der Waals surface area (Å²) in [6, 6.07) is 3.95. The van der Waals surface area contributed by atoms with Gasteiger partial charge in [0, 0.05) is 10.5 Å². The molecule has 0 saturated heterocycles. The smallest absolute Gasteiger partial charge is 0.336 e. The van der Waals surface area contributed by atoms with Crippen LogP contribution in [0.5, 0.6) is 0 Å². The molecule has 7 heteroatoms. The van der Waals surface area contributed by atoms with Crippen LogP contribution in [0.2, 0.25) is 0 Å². The highest BCUT2D eigenvalue weighted by atomic mass is 79.9. The summed E-state index contributed by atoms with van der Waals surface area (Å²) in [5.74, 6) is -1.16. The second-order valence-electron chi connectivity index (χ2n) is 4.20. The normalized spacial score (nSPS) is 16.3. The lowest BCUT2D eigenvalue weighted by Gasteiger charge is -2.26. The van der Waals surface area contributed by atoms with E-state index in [2.05, 4.69) is 20.7 Å². The van der Waals surface area contributed by atoms with Crippen molar-refractivity contribution in [1.82, 2.24) is 4.72 Å². The number of hydrogen-bond acceptors (Lipinski definition) is 3. The van der Waals surface area contributed by atoms with E-state index >= 15 is 0 Å². The highest BCUT2D eigenvalue weighted by molar-refractivity contribution is 9.10. The van der Waals surface area contributed by atoms with Crippen LogP contribution in [0.15, 0.2) is 27.6 Å². The van der Waals surface area contributed by atoms with Gasteiger partial charge in [-0.1, -0.05) is 6.42 Å². The lowest BCUT2D eigenvalue weighted by molar-refractivity contribution is 0.0695. The SMILES string of the molecule is O=C(O)c1cc(S(=O)(=O)NC2CCC2)ccc1Br. The molecule has 1 saturated carbocycles. The summed E-state index contributed by atoms with van der Waals surface area (Å²) in [6.45, 7) is 0. The maximum absolute atomic E-state index is 12.0. The van der Waals surface area contributed by atoms with Gasteiger partial charge in [0.05, 0.1) is 10.5 Å². The third-order valence-electron chi connectivity index (χ3n) is 2.91. The average molecular weight is 334 g/mol. The highest BCUT2D eigenvalue weighted by Crippen LogP contribution is 2.24. The van der Waals surface area contributed by atoms with E-state index in [0.29, 0.717) is 4.47 Å². The van der Waals surface area contributed by atoms with Crippen molar-refractivity contribution in [3.8, 4) is 0 Å². The zero-order valence-electron chi connectivity index (χ0n) is 9.39. The number of nitrogens with one attached hydrogen (secondary N) is 1. The Morgan fingerprint density at radius 2 is 2.06 bits per heavy atom. The van der Waals surface area contributed by atoms with Crippen LogP contribution in [0.3, 0.4) is 0 Å². The molecule has 0 aliphatic heterocycles. The van der Waals surface area contributed by atoms with Crippen LogP contribution in [0, 0.1) is 0 Å². The fourth-order valence-electron chi connectivity index (χ4n) is 1.65. The first-order chi connectivity index (χ1) is 8.40. The number of aromatic carboxylic acids is 1. The molecule has 1 aliphatic rings. The Hall–Kier alpha value is -0.920. The van der Waals surface area contributed by atoms with E-state index in [9.17, 15) is 13.2 Å². The van der Waals surface area contributed by atoms with Crippen LogP contribution in [-0.4, -0.2) is 25.5 Å². The molecule has 2 rings (SSSR count). The predicted molar refractivity (Wildman–Crippen MR) is 69.1 cm³/mol. The molecule has 5 nitrogen and oxygen atoms in total. The lowest BCUT2D eigenvalue weighted by atomic mass is 9.94. The molecule has 0 amide bonds. The minimum Gasteiger partial charge on any atom is -0.478 e. The fraction of sp³-hybridized carbons (Fsp3) is 0.364. The quantitative estimate of drug-likeness (QED) is 0.882. The Labute approximate surface area is 113 Å². The molecule has 1 aromatic rings. The summed E-state index contributed by atoms with van der Waals surface area (Å²) < 4.78 is 26.9. The maximum Gasteiger partial charge on any atom is 0.336 e. The summed E-state index contributed by atoms with van der Waals surface area (Å²) in [5.41, 5.74) is -0.0634. The van der Waals surface area contributed by atoms with E-state index < -0.39 is 16.0 Å². The number of sulfonamides is 1. The Morgan fingerprint density at radius 1 is 1.39 bits per heavy atom. The first kappa shape index (κ1) is 13.5. The van der Waals surface area contributed by atoms with Gasteiger partial charge < -0.3 is 5.11 Å². The van der Waals surface area contributed by atoms with E-state index in [4.69, 9.17) is 5.11 Å². The molecule has 18 heavy (non-hydrogen) atoms. The molecule has 0 heterocycles. The third-order valence-corrected chi connectivity index (χ3v) is 5.12. The number of halogens is 1. The number of carbonyl (C=O) groups is 1. The topological polar surface area (TPSA) is 83.5 Å². The molecule has 1 aliphatic carbocycles. The molecular weight excluding hydrogens is 322 g/mol. The summed E-state index contributed by atoms with van der Waals surface area (Å²) in [5, 5.41) is 8.95. The van der Waals surface area contributed by atoms with Crippen molar-refractivity contribution in [1.29, 1.82) is 0 Å². The molecule has 0 bridgehead atoms. The van der Waals surface area contributed by atoms with E-state index in [0.717, 1.165) is 25.3 Å². The van der Waals surface area contributed by atoms with E-state index in [1.54, 1.807) is 0 Å². The Morgan fingerprint density at radius 3 is 2.56 bits per heavy atom. The monoisotopic (exact) mass is 333 g/mol. The summed E-state index contributed by atoms with van der Waals surface area (Å²) >= 11 is 3.08. The summed E-state index contributed by atoms with van der Waals surface area (Å²) in [7, 11) is -3.63. The van der Waals surface area contributed by atoms with Crippen LogP contribution < -0.4 is 4.72 Å². The van der Waals surface area contributed by atoms with Gasteiger partial charge in [-0.25, -0.2) is 17.9 Å². The van der Waals surface area contributed by atoms with Gasteiger partial charge in [0.1, 0.15) is 0 Å². The van der Waals surface area contributed by atoms with Crippen LogP contribution in [0.1, 0.15) is 29.6 Å². The van der Waals surface area contributed by atoms with Crippen molar-refractivity contribution in [3.05, 3.63) is 28.2 Å². The van der Waals surface area contributed by atoms with E-state index in [1.165, 1.54) is 12.1 Å². The van der Waals surface area contributed by atoms with Gasteiger partial charge in [0.2, 0.25) is 10.0 Å². The number of rotatable bonds is 4. The van der Waals surface area contributed by atoms with Crippen molar-refractivity contribution in [2.75, 3.05) is 0 Å². The standard InChI is InChI=1S/C11H12BrNO4S/c12-10-5-4-8(6-9(10)11(14)15)18(16,17)13-7-2-1-3-7/h4-7,13H,1-3H2,(H,14,15). The number of hydrogen-bond donors (Lipinski definition) is 2. The first-order valence-electron chi connectivity index (χ1n) is 5.45. The van der Waals surface area contributed by atoms with Gasteiger partial charge in [-0.15, -0.1) is 0 Å². The minimum atomic E-state index is -3.63. The van der Waals surface area contributed by atoms with Crippen molar-refractivity contribution >= 4 is 31.9 Å². The molecule has 0 radical (unpaired) electrons. The molecule has 2 N–H and O–H groups in total. The number of benzene rings is 1. The Kier molecular flexibility index (Phi) is 3.74. The Bertz CT molecular complexity index is 581. The van der Waals surface area contributed by atoms with Crippen molar-refractivity contribution in [2.45, 2.75) is 30.2 Å². The largest absolute Gasteiger partial charge is 0.478 e. The van der Waals surface area contributed by atoms with Gasteiger partial charge in [0.25, 0.3) is 0 Å². The number of carboxylic acid groups (broad SMARTS) is 1. The van der Waals surface area contributed by atoms with Crippen molar-refractivity contribution in [3.63, 3.8) is 0 Å².